The Hall–Kier alpha value is -1.92. The lowest BCUT2D eigenvalue weighted by Crippen LogP contribution is -3.14. The van der Waals surface area contributed by atoms with Crippen LogP contribution in [0.2, 0.25) is 5.02 Å². The number of carbonyl (C=O) groups excluding carboxylic acids is 3. The quantitative estimate of drug-likeness (QED) is 0.777. The Kier molecular flexibility index (Phi) is 5.69. The summed E-state index contributed by atoms with van der Waals surface area (Å²) in [5.74, 6) is -0.548. The third kappa shape index (κ3) is 3.80. The van der Waals surface area contributed by atoms with Gasteiger partial charge in [0.2, 0.25) is 5.91 Å². The number of piperidine rings is 1. The SMILES string of the molecule is O=C1C(=O)N(C[NH+]2CCC(C(=O)N3CCCCCC3)CC2)c2ccc(Cl)cc21. The first-order chi connectivity index (χ1) is 13.5. The standard InChI is InChI=1S/C21H26ClN3O3/c22-16-5-6-18-17(13-16)19(26)21(28)25(18)14-23-11-7-15(8-12-23)20(27)24-9-3-1-2-4-10-24/h5-6,13,15H,1-4,7-12,14H2/p+1. The number of halogens is 1. The van der Waals surface area contributed by atoms with E-state index in [0.717, 1.165) is 51.9 Å². The molecule has 2 fully saturated rings. The van der Waals surface area contributed by atoms with Crippen LogP contribution < -0.4 is 9.80 Å². The van der Waals surface area contributed by atoms with Crippen LogP contribution in [0.1, 0.15) is 48.9 Å². The molecule has 0 atom stereocenters. The van der Waals surface area contributed by atoms with Crippen LogP contribution >= 0.6 is 11.6 Å². The first-order valence-corrected chi connectivity index (χ1v) is 10.7. The van der Waals surface area contributed by atoms with Gasteiger partial charge in [0.25, 0.3) is 5.78 Å². The number of nitrogens with one attached hydrogen (secondary N) is 1. The molecule has 0 aliphatic carbocycles. The summed E-state index contributed by atoms with van der Waals surface area (Å²) in [7, 11) is 0. The summed E-state index contributed by atoms with van der Waals surface area (Å²) >= 11 is 5.97. The molecule has 3 heterocycles. The number of benzene rings is 1. The Labute approximate surface area is 170 Å². The van der Waals surface area contributed by atoms with Crippen molar-refractivity contribution in [2.24, 2.45) is 5.92 Å². The van der Waals surface area contributed by atoms with Crippen molar-refractivity contribution in [3.05, 3.63) is 28.8 Å². The fourth-order valence-electron chi connectivity index (χ4n) is 4.63. The molecule has 0 saturated carbocycles. The van der Waals surface area contributed by atoms with Gasteiger partial charge in [0.1, 0.15) is 0 Å². The second-order valence-corrected chi connectivity index (χ2v) is 8.58. The summed E-state index contributed by atoms with van der Waals surface area (Å²) < 4.78 is 0. The Morgan fingerprint density at radius 3 is 2.43 bits per heavy atom. The van der Waals surface area contributed by atoms with E-state index in [1.165, 1.54) is 17.7 Å². The zero-order valence-electron chi connectivity index (χ0n) is 16.1. The third-order valence-corrected chi connectivity index (χ3v) is 6.51. The number of quaternary nitrogens is 1. The number of hydrogen-bond acceptors (Lipinski definition) is 3. The molecule has 3 aliphatic heterocycles. The van der Waals surface area contributed by atoms with Gasteiger partial charge < -0.3 is 9.80 Å². The number of hydrogen-bond donors (Lipinski definition) is 1. The predicted molar refractivity (Wildman–Crippen MR) is 107 cm³/mol. The Balaban J connectivity index is 1.35. The van der Waals surface area contributed by atoms with Gasteiger partial charge in [-0.2, -0.15) is 0 Å². The topological polar surface area (TPSA) is 62.1 Å². The maximum absolute atomic E-state index is 12.8. The lowest BCUT2D eigenvalue weighted by atomic mass is 9.95. The molecule has 0 spiro atoms. The van der Waals surface area contributed by atoms with Crippen molar-refractivity contribution >= 4 is 34.9 Å². The van der Waals surface area contributed by atoms with Crippen LogP contribution in [0.3, 0.4) is 0 Å². The third-order valence-electron chi connectivity index (χ3n) is 6.27. The first kappa shape index (κ1) is 19.4. The maximum atomic E-state index is 12.8. The summed E-state index contributed by atoms with van der Waals surface area (Å²) in [5.41, 5.74) is 1.04. The molecule has 0 radical (unpaired) electrons. The minimum Gasteiger partial charge on any atom is -0.342 e. The number of rotatable bonds is 3. The molecule has 4 rings (SSSR count). The largest absolute Gasteiger partial charge is 0.342 e. The first-order valence-electron chi connectivity index (χ1n) is 10.3. The van der Waals surface area contributed by atoms with Gasteiger partial charge in [0, 0.05) is 36.9 Å². The van der Waals surface area contributed by atoms with Gasteiger partial charge in [0.05, 0.1) is 24.3 Å². The molecule has 0 aromatic heterocycles. The number of likely N-dealkylation sites (tertiary alicyclic amines) is 2. The molecule has 3 aliphatic rings. The highest BCUT2D eigenvalue weighted by Gasteiger charge is 2.39. The highest BCUT2D eigenvalue weighted by atomic mass is 35.5. The van der Waals surface area contributed by atoms with Gasteiger partial charge in [-0.1, -0.05) is 24.4 Å². The highest BCUT2D eigenvalue weighted by Crippen LogP contribution is 2.30. The molecule has 1 N–H and O–H groups in total. The number of Topliss-reactive ketones (excluding diaryl/α,β-unsaturated/α-hetero) is 1. The summed E-state index contributed by atoms with van der Waals surface area (Å²) in [5, 5.41) is 0.460. The Bertz CT molecular complexity index is 781. The van der Waals surface area contributed by atoms with Crippen LogP contribution in [0, 0.1) is 5.92 Å². The number of anilines is 1. The molecule has 28 heavy (non-hydrogen) atoms. The predicted octanol–water partition coefficient (Wildman–Crippen LogP) is 1.52. The van der Waals surface area contributed by atoms with E-state index in [9.17, 15) is 14.4 Å². The van der Waals surface area contributed by atoms with Crippen LogP contribution in [-0.2, 0) is 9.59 Å². The van der Waals surface area contributed by atoms with Crippen molar-refractivity contribution in [2.75, 3.05) is 37.7 Å². The summed E-state index contributed by atoms with van der Waals surface area (Å²) in [6, 6.07) is 5.02. The number of nitrogens with zero attached hydrogens (tertiary/aromatic N) is 2. The van der Waals surface area contributed by atoms with Crippen LogP contribution in [-0.4, -0.2) is 55.3 Å². The highest BCUT2D eigenvalue weighted by molar-refractivity contribution is 6.52. The van der Waals surface area contributed by atoms with Gasteiger partial charge in [-0.15, -0.1) is 0 Å². The van der Waals surface area contributed by atoms with E-state index in [2.05, 4.69) is 4.90 Å². The number of carbonyl (C=O) groups is 3. The number of ketones is 1. The van der Waals surface area contributed by atoms with E-state index in [-0.39, 0.29) is 5.92 Å². The molecule has 7 heteroatoms. The summed E-state index contributed by atoms with van der Waals surface area (Å²) in [4.78, 5) is 42.4. The van der Waals surface area contributed by atoms with Crippen molar-refractivity contribution < 1.29 is 19.3 Å². The molecular formula is C21H27ClN3O3+. The summed E-state index contributed by atoms with van der Waals surface area (Å²) in [6.07, 6.45) is 6.36. The molecular weight excluding hydrogens is 378 g/mol. The van der Waals surface area contributed by atoms with Crippen LogP contribution in [0.15, 0.2) is 18.2 Å². The van der Waals surface area contributed by atoms with Gasteiger partial charge >= 0.3 is 5.91 Å². The minimum absolute atomic E-state index is 0.101. The average molecular weight is 405 g/mol. The fourth-order valence-corrected chi connectivity index (χ4v) is 4.81. The molecule has 150 valence electrons. The number of amides is 2. The lowest BCUT2D eigenvalue weighted by molar-refractivity contribution is -0.904. The second-order valence-electron chi connectivity index (χ2n) is 8.15. The zero-order valence-corrected chi connectivity index (χ0v) is 16.8. The normalized spacial score (nSPS) is 25.6. The molecule has 1 aromatic rings. The molecule has 2 saturated heterocycles. The lowest BCUT2D eigenvalue weighted by Gasteiger charge is -2.33. The van der Waals surface area contributed by atoms with Crippen LogP contribution in [0.4, 0.5) is 5.69 Å². The molecule has 0 bridgehead atoms. The smallest absolute Gasteiger partial charge is 0.303 e. The van der Waals surface area contributed by atoms with E-state index >= 15 is 0 Å². The maximum Gasteiger partial charge on any atom is 0.303 e. The molecule has 0 unspecified atom stereocenters. The molecule has 6 nitrogen and oxygen atoms in total. The van der Waals surface area contributed by atoms with E-state index in [1.807, 2.05) is 0 Å². The van der Waals surface area contributed by atoms with Crippen molar-refractivity contribution in [3.8, 4) is 0 Å². The Morgan fingerprint density at radius 2 is 1.75 bits per heavy atom. The van der Waals surface area contributed by atoms with Gasteiger partial charge in [0.15, 0.2) is 6.67 Å². The molecule has 1 aromatic carbocycles. The van der Waals surface area contributed by atoms with Gasteiger partial charge in [-0.25, -0.2) is 0 Å². The average Bonchev–Trinajstić information content (AvgIpc) is 2.91. The van der Waals surface area contributed by atoms with Crippen molar-refractivity contribution in [2.45, 2.75) is 38.5 Å². The van der Waals surface area contributed by atoms with E-state index < -0.39 is 11.7 Å². The fraction of sp³-hybridized carbons (Fsp3) is 0.571. The van der Waals surface area contributed by atoms with E-state index in [1.54, 1.807) is 23.1 Å². The van der Waals surface area contributed by atoms with E-state index in [4.69, 9.17) is 11.6 Å². The van der Waals surface area contributed by atoms with Crippen molar-refractivity contribution in [1.29, 1.82) is 0 Å². The van der Waals surface area contributed by atoms with Crippen molar-refractivity contribution in [1.82, 2.24) is 4.90 Å². The Morgan fingerprint density at radius 1 is 1.07 bits per heavy atom. The van der Waals surface area contributed by atoms with Gasteiger partial charge in [-0.3, -0.25) is 19.3 Å². The van der Waals surface area contributed by atoms with E-state index in [0.29, 0.717) is 28.8 Å². The number of fused-ring (bicyclic) bond motifs is 1. The second kappa shape index (κ2) is 8.21. The van der Waals surface area contributed by atoms with Gasteiger partial charge in [-0.05, 0) is 31.0 Å². The van der Waals surface area contributed by atoms with Crippen LogP contribution in [0.25, 0.3) is 0 Å². The molecule has 2 amide bonds. The zero-order chi connectivity index (χ0) is 19.7. The minimum atomic E-state index is -0.483. The summed E-state index contributed by atoms with van der Waals surface area (Å²) in [6.45, 7) is 3.94. The monoisotopic (exact) mass is 404 g/mol. The van der Waals surface area contributed by atoms with Crippen LogP contribution in [0.5, 0.6) is 0 Å². The van der Waals surface area contributed by atoms with Crippen molar-refractivity contribution in [3.63, 3.8) is 0 Å².